The lowest BCUT2D eigenvalue weighted by Gasteiger charge is -2.29. The number of aliphatic imine (C=N–C) groups is 1. The van der Waals surface area contributed by atoms with E-state index in [1.807, 2.05) is 6.07 Å². The van der Waals surface area contributed by atoms with Gasteiger partial charge in [-0.25, -0.2) is 18.7 Å². The SMILES string of the molecule is COc1ccnc(-c2cc(C3(c4cncnc4)N=Cc4c(F)cccc43)ccc2F)c1. The molecule has 1 aliphatic heterocycles. The number of halogens is 2. The average Bonchev–Trinajstić information content (AvgIpc) is 3.22. The van der Waals surface area contributed by atoms with E-state index in [2.05, 4.69) is 15.0 Å². The van der Waals surface area contributed by atoms with Gasteiger partial charge >= 0.3 is 0 Å². The molecule has 1 unspecified atom stereocenters. The van der Waals surface area contributed by atoms with Crippen molar-refractivity contribution in [2.75, 3.05) is 7.11 Å². The van der Waals surface area contributed by atoms with Gasteiger partial charge in [0.1, 0.15) is 29.3 Å². The van der Waals surface area contributed by atoms with E-state index in [4.69, 9.17) is 9.73 Å². The van der Waals surface area contributed by atoms with E-state index < -0.39 is 11.4 Å². The highest BCUT2D eigenvalue weighted by Gasteiger charge is 2.42. The predicted octanol–water partition coefficient (Wildman–Crippen LogP) is 4.55. The molecule has 0 spiro atoms. The van der Waals surface area contributed by atoms with Gasteiger partial charge in [0.05, 0.1) is 12.8 Å². The number of aromatic nitrogens is 3. The Hall–Kier alpha value is -4.00. The first-order valence-electron chi connectivity index (χ1n) is 9.53. The topological polar surface area (TPSA) is 60.3 Å². The normalized spacial score (nSPS) is 16.9. The molecule has 152 valence electrons. The van der Waals surface area contributed by atoms with Crippen LogP contribution >= 0.6 is 0 Å². The van der Waals surface area contributed by atoms with Crippen molar-refractivity contribution >= 4 is 6.21 Å². The molecule has 0 bridgehead atoms. The molecule has 3 heterocycles. The van der Waals surface area contributed by atoms with Crippen molar-refractivity contribution in [2.24, 2.45) is 4.99 Å². The summed E-state index contributed by atoms with van der Waals surface area (Å²) in [6.45, 7) is 0. The molecule has 1 aliphatic rings. The third-order valence-corrected chi connectivity index (χ3v) is 5.44. The van der Waals surface area contributed by atoms with Crippen LogP contribution in [-0.4, -0.2) is 28.3 Å². The van der Waals surface area contributed by atoms with E-state index in [1.165, 1.54) is 31.8 Å². The maximum Gasteiger partial charge on any atom is 0.139 e. The molecule has 0 amide bonds. The van der Waals surface area contributed by atoms with Crippen LogP contribution in [0, 0.1) is 11.6 Å². The van der Waals surface area contributed by atoms with Crippen LogP contribution in [-0.2, 0) is 5.54 Å². The van der Waals surface area contributed by atoms with E-state index >= 15 is 0 Å². The van der Waals surface area contributed by atoms with Gasteiger partial charge in [0.15, 0.2) is 0 Å². The van der Waals surface area contributed by atoms with Gasteiger partial charge in [0.25, 0.3) is 0 Å². The Morgan fingerprint density at radius 3 is 2.55 bits per heavy atom. The summed E-state index contributed by atoms with van der Waals surface area (Å²) in [5.74, 6) is -0.255. The van der Waals surface area contributed by atoms with Gasteiger partial charge in [-0.15, -0.1) is 0 Å². The zero-order chi connectivity index (χ0) is 21.4. The summed E-state index contributed by atoms with van der Waals surface area (Å²) < 4.78 is 34.7. The minimum atomic E-state index is -1.11. The molecule has 2 aromatic heterocycles. The van der Waals surface area contributed by atoms with Gasteiger partial charge in [-0.1, -0.05) is 18.2 Å². The Balaban J connectivity index is 1.77. The van der Waals surface area contributed by atoms with Crippen LogP contribution in [0.2, 0.25) is 0 Å². The number of hydrogen-bond donors (Lipinski definition) is 0. The smallest absolute Gasteiger partial charge is 0.139 e. The van der Waals surface area contributed by atoms with Crippen LogP contribution < -0.4 is 4.74 Å². The molecule has 0 fully saturated rings. The molecule has 31 heavy (non-hydrogen) atoms. The van der Waals surface area contributed by atoms with Gasteiger partial charge in [-0.3, -0.25) is 9.98 Å². The molecule has 0 aliphatic carbocycles. The summed E-state index contributed by atoms with van der Waals surface area (Å²) in [6, 6.07) is 12.9. The molecule has 5 rings (SSSR count). The van der Waals surface area contributed by atoms with Crippen molar-refractivity contribution < 1.29 is 13.5 Å². The molecule has 0 radical (unpaired) electrons. The van der Waals surface area contributed by atoms with Gasteiger partial charge in [-0.2, -0.15) is 0 Å². The fourth-order valence-electron chi connectivity index (χ4n) is 3.96. The van der Waals surface area contributed by atoms with Crippen LogP contribution in [0.4, 0.5) is 8.78 Å². The third-order valence-electron chi connectivity index (χ3n) is 5.44. The fraction of sp³-hybridized carbons (Fsp3) is 0.0833. The molecule has 2 aromatic carbocycles. The standard InChI is InChI=1S/C24H16F2N4O/c1-31-17-7-8-29-23(10-17)18-9-15(5-6-22(18)26)24(16-11-27-14-28-12-16)20-3-2-4-21(25)19(20)13-30-24/h2-14H,1H3. The Morgan fingerprint density at radius 2 is 1.74 bits per heavy atom. The highest BCUT2D eigenvalue weighted by atomic mass is 19.1. The molecule has 5 nitrogen and oxygen atoms in total. The van der Waals surface area contributed by atoms with E-state index in [1.54, 1.807) is 48.9 Å². The molecule has 0 saturated heterocycles. The number of nitrogens with zero attached hydrogens (tertiary/aromatic N) is 4. The van der Waals surface area contributed by atoms with Crippen LogP contribution in [0.1, 0.15) is 22.3 Å². The molecular formula is C24H16F2N4O. The largest absolute Gasteiger partial charge is 0.497 e. The lowest BCUT2D eigenvalue weighted by molar-refractivity contribution is 0.414. The number of pyridine rings is 1. The summed E-state index contributed by atoms with van der Waals surface area (Å²) >= 11 is 0. The first kappa shape index (κ1) is 19.0. The number of fused-ring (bicyclic) bond motifs is 1. The minimum Gasteiger partial charge on any atom is -0.497 e. The number of rotatable bonds is 4. The lowest BCUT2D eigenvalue weighted by Crippen LogP contribution is -2.26. The van der Waals surface area contributed by atoms with Crippen molar-refractivity contribution in [1.29, 1.82) is 0 Å². The second-order valence-corrected chi connectivity index (χ2v) is 7.07. The number of ether oxygens (including phenoxy) is 1. The number of methoxy groups -OCH3 is 1. The quantitative estimate of drug-likeness (QED) is 0.492. The summed E-state index contributed by atoms with van der Waals surface area (Å²) in [7, 11) is 1.54. The van der Waals surface area contributed by atoms with Crippen LogP contribution in [0.15, 0.2) is 78.4 Å². The maximum atomic E-state index is 14.9. The second kappa shape index (κ2) is 7.36. The molecule has 0 saturated carbocycles. The van der Waals surface area contributed by atoms with E-state index in [9.17, 15) is 8.78 Å². The van der Waals surface area contributed by atoms with Crippen molar-refractivity contribution in [3.05, 3.63) is 107 Å². The first-order valence-corrected chi connectivity index (χ1v) is 9.53. The number of benzene rings is 2. The third kappa shape index (κ3) is 2.97. The lowest BCUT2D eigenvalue weighted by atomic mass is 9.78. The Kier molecular flexibility index (Phi) is 4.51. The molecule has 4 aromatic rings. The average molecular weight is 414 g/mol. The highest BCUT2D eigenvalue weighted by Crippen LogP contribution is 2.46. The van der Waals surface area contributed by atoms with Crippen molar-refractivity contribution in [3.63, 3.8) is 0 Å². The molecule has 0 N–H and O–H groups in total. The first-order chi connectivity index (χ1) is 15.1. The van der Waals surface area contributed by atoms with Crippen molar-refractivity contribution in [1.82, 2.24) is 15.0 Å². The molecular weight excluding hydrogens is 398 g/mol. The summed E-state index contributed by atoms with van der Waals surface area (Å²) in [5, 5.41) is 0. The predicted molar refractivity (Wildman–Crippen MR) is 112 cm³/mol. The maximum absolute atomic E-state index is 14.9. The molecule has 1 atom stereocenters. The van der Waals surface area contributed by atoms with Gasteiger partial charge in [0.2, 0.25) is 0 Å². The monoisotopic (exact) mass is 414 g/mol. The zero-order valence-electron chi connectivity index (χ0n) is 16.5. The van der Waals surface area contributed by atoms with Crippen molar-refractivity contribution in [2.45, 2.75) is 5.54 Å². The Labute approximate surface area is 177 Å². The summed E-state index contributed by atoms with van der Waals surface area (Å²) in [5.41, 5.74) is 1.90. The van der Waals surface area contributed by atoms with Crippen LogP contribution in [0.25, 0.3) is 11.3 Å². The number of hydrogen-bond acceptors (Lipinski definition) is 5. The van der Waals surface area contributed by atoms with E-state index in [0.29, 0.717) is 33.7 Å². The second-order valence-electron chi connectivity index (χ2n) is 7.07. The fourth-order valence-corrected chi connectivity index (χ4v) is 3.96. The Bertz CT molecular complexity index is 1310. The van der Waals surface area contributed by atoms with E-state index in [-0.39, 0.29) is 11.4 Å². The Morgan fingerprint density at radius 1 is 0.903 bits per heavy atom. The minimum absolute atomic E-state index is 0.285. The van der Waals surface area contributed by atoms with Gasteiger partial charge in [-0.05, 0) is 29.8 Å². The summed E-state index contributed by atoms with van der Waals surface area (Å²) in [4.78, 5) is 17.3. The van der Waals surface area contributed by atoms with Crippen LogP contribution in [0.3, 0.4) is 0 Å². The van der Waals surface area contributed by atoms with Crippen molar-refractivity contribution in [3.8, 4) is 17.0 Å². The zero-order valence-corrected chi connectivity index (χ0v) is 16.5. The molecule has 7 heteroatoms. The van der Waals surface area contributed by atoms with Gasteiger partial charge < -0.3 is 4.74 Å². The van der Waals surface area contributed by atoms with Crippen LogP contribution in [0.5, 0.6) is 5.75 Å². The van der Waals surface area contributed by atoms with Gasteiger partial charge in [0, 0.05) is 53.1 Å². The highest BCUT2D eigenvalue weighted by molar-refractivity contribution is 5.89. The van der Waals surface area contributed by atoms with E-state index in [0.717, 1.165) is 0 Å². The summed E-state index contributed by atoms with van der Waals surface area (Å²) in [6.07, 6.45) is 7.75.